The Labute approximate surface area is 263 Å². The lowest BCUT2D eigenvalue weighted by Gasteiger charge is -2.34. The van der Waals surface area contributed by atoms with Crippen LogP contribution in [-0.4, -0.2) is 54.6 Å². The van der Waals surface area contributed by atoms with Gasteiger partial charge in [0.1, 0.15) is 6.04 Å². The van der Waals surface area contributed by atoms with Crippen LogP contribution in [0.25, 0.3) is 10.8 Å². The summed E-state index contributed by atoms with van der Waals surface area (Å²) in [6.07, 6.45) is 0.209. The molecule has 10 heteroatoms. The summed E-state index contributed by atoms with van der Waals surface area (Å²) in [7, 11) is -2.68. The Bertz CT molecular complexity index is 1720. The lowest BCUT2D eigenvalue weighted by molar-refractivity contribution is -0.141. The number of hydrogen-bond donors (Lipinski definition) is 1. The van der Waals surface area contributed by atoms with Crippen LogP contribution in [0.3, 0.4) is 0 Å². The van der Waals surface area contributed by atoms with E-state index in [4.69, 9.17) is 23.2 Å². The number of halogens is 2. The smallest absolute Gasteiger partial charge is 0.243 e. The molecule has 4 aromatic rings. The first-order valence-corrected chi connectivity index (χ1v) is 16.0. The van der Waals surface area contributed by atoms with Crippen LogP contribution >= 0.6 is 23.2 Å². The minimum Gasteiger partial charge on any atom is -0.350 e. The molecule has 1 unspecified atom stereocenters. The van der Waals surface area contributed by atoms with Crippen molar-refractivity contribution >= 4 is 55.8 Å². The molecule has 2 amide bonds. The largest absolute Gasteiger partial charge is 0.350 e. The van der Waals surface area contributed by atoms with E-state index in [1.54, 1.807) is 30.3 Å². The second-order valence-corrected chi connectivity index (χ2v) is 14.4. The Kier molecular flexibility index (Phi) is 10.2. The fraction of sp³-hybridized carbons (Fsp3) is 0.273. The zero-order valence-electron chi connectivity index (χ0n) is 24.6. The van der Waals surface area contributed by atoms with Crippen LogP contribution < -0.4 is 5.32 Å². The molecule has 0 aromatic heterocycles. The predicted molar refractivity (Wildman–Crippen MR) is 173 cm³/mol. The Morgan fingerprint density at radius 3 is 2.16 bits per heavy atom. The van der Waals surface area contributed by atoms with Crippen LogP contribution in [0.15, 0.2) is 95.9 Å². The van der Waals surface area contributed by atoms with Crippen LogP contribution in [0.4, 0.5) is 0 Å². The second kappa shape index (κ2) is 13.5. The van der Waals surface area contributed by atoms with E-state index in [0.717, 1.165) is 20.6 Å². The number of sulfonamides is 1. The van der Waals surface area contributed by atoms with Crippen molar-refractivity contribution in [2.75, 3.05) is 13.6 Å². The molecule has 0 bridgehead atoms. The molecule has 43 heavy (non-hydrogen) atoms. The molecule has 0 radical (unpaired) electrons. The Morgan fingerprint density at radius 1 is 0.860 bits per heavy atom. The average molecular weight is 641 g/mol. The summed E-state index contributed by atoms with van der Waals surface area (Å²) in [6.45, 7) is 5.05. The molecule has 226 valence electrons. The standard InChI is InChI=1S/C33H35Cl2N3O4S/c1-33(2,3)36-32(40)30(18-23-10-6-5-7-11-23)38(21-26-14-16-27(34)20-29(26)35)31(39)22-37(4)43(41,42)28-17-15-24-12-8-9-13-25(24)19-28/h5-17,19-20,30H,18,21-22H2,1-4H3,(H,36,40). The van der Waals surface area contributed by atoms with Gasteiger partial charge in [-0.05, 0) is 66.9 Å². The van der Waals surface area contributed by atoms with Crippen molar-refractivity contribution in [1.82, 2.24) is 14.5 Å². The molecule has 1 N–H and O–H groups in total. The number of hydrogen-bond acceptors (Lipinski definition) is 4. The summed E-state index contributed by atoms with van der Waals surface area (Å²) in [5, 5.41) is 5.42. The molecule has 0 saturated heterocycles. The molecule has 4 rings (SSSR count). The zero-order chi connectivity index (χ0) is 31.4. The van der Waals surface area contributed by atoms with Crippen molar-refractivity contribution in [2.24, 2.45) is 0 Å². The van der Waals surface area contributed by atoms with E-state index in [0.29, 0.717) is 15.6 Å². The van der Waals surface area contributed by atoms with Gasteiger partial charge >= 0.3 is 0 Å². The number of carbonyl (C=O) groups is 2. The highest BCUT2D eigenvalue weighted by Crippen LogP contribution is 2.26. The third-order valence-corrected chi connectivity index (χ3v) is 9.30. The van der Waals surface area contributed by atoms with Gasteiger partial charge < -0.3 is 10.2 Å². The van der Waals surface area contributed by atoms with E-state index in [1.807, 2.05) is 75.4 Å². The minimum absolute atomic E-state index is 0.0340. The SMILES string of the molecule is CN(CC(=O)N(Cc1ccc(Cl)cc1Cl)C(Cc1ccccc1)C(=O)NC(C)(C)C)S(=O)(=O)c1ccc2ccccc2c1. The number of nitrogens with zero attached hydrogens (tertiary/aromatic N) is 2. The van der Waals surface area contributed by atoms with Crippen molar-refractivity contribution in [2.45, 2.75) is 50.2 Å². The summed E-state index contributed by atoms with van der Waals surface area (Å²) in [5.41, 5.74) is 0.837. The van der Waals surface area contributed by atoms with Gasteiger partial charge in [0.25, 0.3) is 0 Å². The molecule has 0 heterocycles. The maximum absolute atomic E-state index is 14.1. The highest BCUT2D eigenvalue weighted by Gasteiger charge is 2.34. The third kappa shape index (κ3) is 8.36. The number of fused-ring (bicyclic) bond motifs is 1. The highest BCUT2D eigenvalue weighted by molar-refractivity contribution is 7.89. The minimum atomic E-state index is -4.04. The number of carbonyl (C=O) groups excluding carboxylic acids is 2. The molecule has 7 nitrogen and oxygen atoms in total. The summed E-state index contributed by atoms with van der Waals surface area (Å²) in [4.78, 5) is 29.3. The summed E-state index contributed by atoms with van der Waals surface area (Å²) < 4.78 is 28.2. The predicted octanol–water partition coefficient (Wildman–Crippen LogP) is 6.32. The first-order chi connectivity index (χ1) is 20.2. The lowest BCUT2D eigenvalue weighted by Crippen LogP contribution is -2.56. The van der Waals surface area contributed by atoms with Crippen LogP contribution in [0.1, 0.15) is 31.9 Å². The maximum Gasteiger partial charge on any atom is 0.243 e. The fourth-order valence-corrected chi connectivity index (χ4v) is 6.34. The quantitative estimate of drug-likeness (QED) is 0.220. The zero-order valence-corrected chi connectivity index (χ0v) is 26.9. The normalized spacial score (nSPS) is 12.7. The Hall–Kier alpha value is -3.43. The molecule has 0 aliphatic carbocycles. The fourth-order valence-electron chi connectivity index (χ4n) is 4.71. The van der Waals surface area contributed by atoms with E-state index in [2.05, 4.69) is 5.32 Å². The number of likely N-dealkylation sites (N-methyl/N-ethyl adjacent to an activating group) is 1. The Morgan fingerprint density at radius 2 is 1.51 bits per heavy atom. The summed E-state index contributed by atoms with van der Waals surface area (Å²) >= 11 is 12.6. The van der Waals surface area contributed by atoms with Gasteiger partial charge in [-0.3, -0.25) is 9.59 Å². The van der Waals surface area contributed by atoms with Crippen molar-refractivity contribution in [1.29, 1.82) is 0 Å². The highest BCUT2D eigenvalue weighted by atomic mass is 35.5. The molecule has 1 atom stereocenters. The van der Waals surface area contributed by atoms with E-state index >= 15 is 0 Å². The number of benzene rings is 4. The average Bonchev–Trinajstić information content (AvgIpc) is 2.95. The van der Waals surface area contributed by atoms with Gasteiger partial charge in [-0.15, -0.1) is 0 Å². The van der Waals surface area contributed by atoms with Crippen LogP contribution in [-0.2, 0) is 32.6 Å². The molecular formula is C33H35Cl2N3O4S. The van der Waals surface area contributed by atoms with E-state index in [-0.39, 0.29) is 23.8 Å². The van der Waals surface area contributed by atoms with Gasteiger partial charge in [0, 0.05) is 35.6 Å². The molecule has 0 fully saturated rings. The van der Waals surface area contributed by atoms with Crippen LogP contribution in [0, 0.1) is 0 Å². The first kappa shape index (κ1) is 32.5. The molecule has 4 aromatic carbocycles. The molecule has 0 aliphatic rings. The van der Waals surface area contributed by atoms with Crippen molar-refractivity contribution in [3.8, 4) is 0 Å². The van der Waals surface area contributed by atoms with E-state index in [1.165, 1.54) is 18.0 Å². The van der Waals surface area contributed by atoms with Crippen LogP contribution in [0.5, 0.6) is 0 Å². The first-order valence-electron chi connectivity index (χ1n) is 13.8. The van der Waals surface area contributed by atoms with Gasteiger partial charge in [0.2, 0.25) is 21.8 Å². The summed E-state index contributed by atoms with van der Waals surface area (Å²) in [5.74, 6) is -0.919. The van der Waals surface area contributed by atoms with E-state index in [9.17, 15) is 18.0 Å². The number of amides is 2. The second-order valence-electron chi connectivity index (χ2n) is 11.5. The molecule has 0 aliphatic heterocycles. The number of rotatable bonds is 10. The van der Waals surface area contributed by atoms with Crippen molar-refractivity contribution in [3.05, 3.63) is 112 Å². The monoisotopic (exact) mass is 639 g/mol. The van der Waals surface area contributed by atoms with Crippen LogP contribution in [0.2, 0.25) is 10.0 Å². The maximum atomic E-state index is 14.1. The third-order valence-electron chi connectivity index (χ3n) is 6.91. The van der Waals surface area contributed by atoms with E-state index < -0.39 is 34.1 Å². The van der Waals surface area contributed by atoms with Crippen molar-refractivity contribution < 1.29 is 18.0 Å². The van der Waals surface area contributed by atoms with Gasteiger partial charge in [-0.25, -0.2) is 8.42 Å². The van der Waals surface area contributed by atoms with Gasteiger partial charge in [-0.1, -0.05) is 89.9 Å². The van der Waals surface area contributed by atoms with Gasteiger partial charge in [-0.2, -0.15) is 4.31 Å². The summed E-state index contributed by atoms with van der Waals surface area (Å²) in [6, 6.07) is 25.6. The topological polar surface area (TPSA) is 86.8 Å². The Balaban J connectivity index is 1.71. The lowest BCUT2D eigenvalue weighted by atomic mass is 10.0. The number of nitrogens with one attached hydrogen (secondary N) is 1. The van der Waals surface area contributed by atoms with Gasteiger partial charge in [0.05, 0.1) is 11.4 Å². The molecular weight excluding hydrogens is 605 g/mol. The molecule has 0 spiro atoms. The van der Waals surface area contributed by atoms with Crippen molar-refractivity contribution in [3.63, 3.8) is 0 Å². The van der Waals surface area contributed by atoms with Gasteiger partial charge in [0.15, 0.2) is 0 Å². The molecule has 0 saturated carbocycles.